The number of rotatable bonds is 18. The molecular weight excluding hydrogens is 1150 g/mol. The number of ether oxygens (including phenoxy) is 5. The highest BCUT2D eigenvalue weighted by Gasteiger charge is 2.39. The fourth-order valence-electron chi connectivity index (χ4n) is 13.6. The molecule has 0 amide bonds. The van der Waals surface area contributed by atoms with Crippen LogP contribution >= 0.6 is 0 Å². The molecule has 0 unspecified atom stereocenters. The van der Waals surface area contributed by atoms with E-state index in [0.717, 1.165) is 108 Å². The number of benzene rings is 12. The highest BCUT2D eigenvalue weighted by molar-refractivity contribution is 5.91. The maximum absolute atomic E-state index is 10.3. The van der Waals surface area contributed by atoms with Crippen molar-refractivity contribution < 1.29 is 28.8 Å². The van der Waals surface area contributed by atoms with Crippen LogP contribution in [0.25, 0.3) is 33.4 Å². The highest BCUT2D eigenvalue weighted by atomic mass is 16.5. The van der Waals surface area contributed by atoms with Gasteiger partial charge in [0.1, 0.15) is 34.5 Å². The summed E-state index contributed by atoms with van der Waals surface area (Å²) in [7, 11) is 8.47. The van der Waals surface area contributed by atoms with Crippen molar-refractivity contribution in [2.45, 2.75) is 38.5 Å². The molecule has 0 spiro atoms. The number of methoxy groups -OCH3 is 5. The topological polar surface area (TPSA) is 79.3 Å². The Kier molecular flexibility index (Phi) is 15.4. The molecule has 10 nitrogen and oxygen atoms in total. The van der Waals surface area contributed by atoms with Gasteiger partial charge in [0.25, 0.3) is 0 Å². The number of hydrogen-bond donors (Lipinski definition) is 1. The fourth-order valence-corrected chi connectivity index (χ4v) is 13.6. The Hall–Kier alpha value is -11.4. The van der Waals surface area contributed by atoms with Gasteiger partial charge in [-0.1, -0.05) is 76.2 Å². The molecule has 0 saturated carbocycles. The molecule has 0 atom stereocenters. The first-order chi connectivity index (χ1) is 45.2. The van der Waals surface area contributed by atoms with Crippen molar-refractivity contribution in [2.24, 2.45) is 0 Å². The first kappa shape index (κ1) is 59.3. The molecule has 460 valence electrons. The average molecular weight is 1220 g/mol. The Morgan fingerprint density at radius 1 is 0.226 bits per heavy atom. The average Bonchev–Trinajstić information content (AvgIpc) is 1.59. The van der Waals surface area contributed by atoms with Crippen LogP contribution in [0.15, 0.2) is 267 Å². The Morgan fingerprint density at radius 3 is 0.591 bits per heavy atom. The number of phenolic OH excluding ortho intramolecular Hbond substituents is 1. The van der Waals surface area contributed by atoms with Crippen molar-refractivity contribution in [2.75, 3.05) is 55.1 Å². The predicted octanol–water partition coefficient (Wildman–Crippen LogP) is 21.6. The van der Waals surface area contributed by atoms with Gasteiger partial charge in [-0.2, -0.15) is 0 Å². The summed E-state index contributed by atoms with van der Waals surface area (Å²) in [6, 6.07) is 93.6. The number of anilines is 12. The predicted molar refractivity (Wildman–Crippen MR) is 380 cm³/mol. The van der Waals surface area contributed by atoms with E-state index < -0.39 is 0 Å². The van der Waals surface area contributed by atoms with Gasteiger partial charge < -0.3 is 48.4 Å². The van der Waals surface area contributed by atoms with E-state index in [-0.39, 0.29) is 16.6 Å². The highest BCUT2D eigenvalue weighted by Crippen LogP contribution is 2.55. The molecule has 12 aromatic rings. The van der Waals surface area contributed by atoms with Gasteiger partial charge in [-0.3, -0.25) is 0 Å². The Morgan fingerprint density at radius 2 is 0.398 bits per heavy atom. The number of nitrogens with zero attached hydrogens (tertiary/aromatic N) is 4. The number of fused-ring (bicyclic) bond motifs is 6. The molecule has 0 heterocycles. The van der Waals surface area contributed by atoms with Crippen LogP contribution in [0.1, 0.15) is 49.9 Å². The summed E-state index contributed by atoms with van der Waals surface area (Å²) in [6.45, 7) is 9.32. The van der Waals surface area contributed by atoms with Crippen LogP contribution in [0, 0.1) is 0 Å². The third-order valence-electron chi connectivity index (χ3n) is 18.7. The van der Waals surface area contributed by atoms with E-state index in [1.54, 1.807) is 47.7 Å². The smallest absolute Gasteiger partial charge is 0.119 e. The molecule has 0 aromatic heterocycles. The normalized spacial score (nSPS) is 12.8. The molecule has 1 N–H and O–H groups in total. The first-order valence-electron chi connectivity index (χ1n) is 31.2. The largest absolute Gasteiger partial charge is 0.508 e. The van der Waals surface area contributed by atoms with E-state index in [1.165, 1.54) is 44.5 Å². The summed E-state index contributed by atoms with van der Waals surface area (Å²) in [6.07, 6.45) is 0. The molecule has 2 aliphatic carbocycles. The molecule has 0 aliphatic heterocycles. The lowest BCUT2D eigenvalue weighted by molar-refractivity contribution is 0.414. The van der Waals surface area contributed by atoms with Gasteiger partial charge in [0.15, 0.2) is 0 Å². The number of hydrogen-bond acceptors (Lipinski definition) is 10. The second-order valence-corrected chi connectivity index (χ2v) is 24.6. The van der Waals surface area contributed by atoms with Gasteiger partial charge in [-0.15, -0.1) is 0 Å². The third kappa shape index (κ3) is 10.8. The lowest BCUT2D eigenvalue weighted by Gasteiger charge is -2.29. The molecule has 0 saturated heterocycles. The van der Waals surface area contributed by atoms with Crippen molar-refractivity contribution in [3.8, 4) is 67.9 Å². The summed E-state index contributed by atoms with van der Waals surface area (Å²) in [5.41, 5.74) is 23.6. The molecule has 0 radical (unpaired) electrons. The van der Waals surface area contributed by atoms with Crippen LogP contribution in [-0.2, 0) is 10.8 Å². The Balaban J connectivity index is 0.770. The SMILES string of the molecule is COc1ccc(N(c2ccc(O)cc2)c2ccc3c(c2)C(C)(C)c2cc(N(c4ccc(OC)cc4)c4ccc(-c5ccc(N(c6ccc(OC)cc6)c6ccc7c(c6)C(C)(C)c6cc(N(c8ccc(OC)cc8)c8ccc(OC)cc8)ccc6-7)cc5)cc4)ccc2-3)cc1. The maximum Gasteiger partial charge on any atom is 0.119 e. The fraction of sp³-hybridized carbons (Fsp3) is 0.133. The molecule has 10 heteroatoms. The molecule has 0 bridgehead atoms. The van der Waals surface area contributed by atoms with E-state index in [9.17, 15) is 5.11 Å². The van der Waals surface area contributed by atoms with Gasteiger partial charge in [0, 0.05) is 79.1 Å². The Labute approximate surface area is 544 Å². The summed E-state index contributed by atoms with van der Waals surface area (Å²) in [5.74, 6) is 4.19. The number of aromatic hydroxyl groups is 1. The zero-order chi connectivity index (χ0) is 64.1. The van der Waals surface area contributed by atoms with Crippen LogP contribution in [0.5, 0.6) is 34.5 Å². The van der Waals surface area contributed by atoms with Crippen molar-refractivity contribution >= 4 is 68.2 Å². The molecule has 2 aliphatic rings. The van der Waals surface area contributed by atoms with E-state index in [0.29, 0.717) is 0 Å². The summed E-state index contributed by atoms with van der Waals surface area (Å²) in [4.78, 5) is 9.17. The van der Waals surface area contributed by atoms with Gasteiger partial charge in [-0.05, 0) is 274 Å². The lowest BCUT2D eigenvalue weighted by atomic mass is 9.82. The Bertz CT molecular complexity index is 4640. The molecule has 14 rings (SSSR count). The van der Waals surface area contributed by atoms with Crippen molar-refractivity contribution in [3.05, 3.63) is 289 Å². The quantitative estimate of drug-likeness (QED) is 0.0897. The van der Waals surface area contributed by atoms with E-state index in [4.69, 9.17) is 23.7 Å². The summed E-state index contributed by atoms with van der Waals surface area (Å²) in [5, 5.41) is 10.3. The van der Waals surface area contributed by atoms with Crippen LogP contribution < -0.4 is 43.3 Å². The summed E-state index contributed by atoms with van der Waals surface area (Å²) < 4.78 is 28.0. The van der Waals surface area contributed by atoms with Gasteiger partial charge in [0.2, 0.25) is 0 Å². The van der Waals surface area contributed by atoms with E-state index in [2.05, 4.69) is 229 Å². The second-order valence-electron chi connectivity index (χ2n) is 24.6. The van der Waals surface area contributed by atoms with Crippen LogP contribution in [-0.4, -0.2) is 40.7 Å². The first-order valence-corrected chi connectivity index (χ1v) is 31.2. The lowest BCUT2D eigenvalue weighted by Crippen LogP contribution is -2.17. The monoisotopic (exact) mass is 1220 g/mol. The zero-order valence-corrected chi connectivity index (χ0v) is 53.7. The van der Waals surface area contributed by atoms with Crippen molar-refractivity contribution in [1.29, 1.82) is 0 Å². The van der Waals surface area contributed by atoms with E-state index >= 15 is 0 Å². The van der Waals surface area contributed by atoms with Gasteiger partial charge in [0.05, 0.1) is 35.5 Å². The van der Waals surface area contributed by atoms with Crippen molar-refractivity contribution in [3.63, 3.8) is 0 Å². The third-order valence-corrected chi connectivity index (χ3v) is 18.7. The molecule has 0 fully saturated rings. The second kappa shape index (κ2) is 24.1. The number of phenols is 1. The van der Waals surface area contributed by atoms with Crippen LogP contribution in [0.3, 0.4) is 0 Å². The molecular formula is C83H72N4O6. The van der Waals surface area contributed by atoms with Gasteiger partial charge in [-0.25, -0.2) is 0 Å². The maximum atomic E-state index is 10.3. The van der Waals surface area contributed by atoms with E-state index in [1.807, 2.05) is 72.8 Å². The minimum Gasteiger partial charge on any atom is -0.508 e. The van der Waals surface area contributed by atoms with Crippen LogP contribution in [0.2, 0.25) is 0 Å². The summed E-state index contributed by atoms with van der Waals surface area (Å²) >= 11 is 0. The minimum absolute atomic E-state index is 0.217. The zero-order valence-electron chi connectivity index (χ0n) is 53.7. The standard InChI is InChI=1S/C83H72N4O6/c1-82(2)78-50-64(30-46-74(78)76-48-32-66(52-80(76)82)86(58-18-34-68(88)35-19-58)61-24-40-71(91-7)41-25-61)84(59-20-36-69(89-5)37-21-59)56-14-10-54(11-15-56)55-12-16-57(17-13-55)85(60-22-38-70(90-6)39-23-60)65-31-47-75-77-49-33-67(53-81(77)83(3,4)79(75)51-65)87(62-26-42-72(92-8)43-27-62)63-28-44-73(93-9)45-29-63/h10-53,88H,1-9H3. The van der Waals surface area contributed by atoms with Gasteiger partial charge >= 0.3 is 0 Å². The molecule has 12 aromatic carbocycles. The minimum atomic E-state index is -0.350. The molecule has 93 heavy (non-hydrogen) atoms. The van der Waals surface area contributed by atoms with Crippen molar-refractivity contribution in [1.82, 2.24) is 0 Å². The van der Waals surface area contributed by atoms with Crippen LogP contribution in [0.4, 0.5) is 68.2 Å².